The van der Waals surface area contributed by atoms with Crippen molar-refractivity contribution in [3.8, 4) is 0 Å². The Morgan fingerprint density at radius 1 is 1.04 bits per heavy atom. The minimum Gasteiger partial charge on any atom is -0.336 e. The summed E-state index contributed by atoms with van der Waals surface area (Å²) in [5.41, 5.74) is 7.68. The average Bonchev–Trinajstić information content (AvgIpc) is 3.12. The van der Waals surface area contributed by atoms with Crippen LogP contribution in [-0.2, 0) is 4.79 Å². The zero-order valence-electron chi connectivity index (χ0n) is 14.8. The summed E-state index contributed by atoms with van der Waals surface area (Å²) in [7, 11) is 0. The third kappa shape index (κ3) is 4.18. The number of nitrogens with two attached hydrogens (primary N) is 1. The second kappa shape index (κ2) is 8.07. The van der Waals surface area contributed by atoms with Gasteiger partial charge in [0.1, 0.15) is 0 Å². The van der Waals surface area contributed by atoms with Crippen LogP contribution in [0.15, 0.2) is 30.3 Å². The summed E-state index contributed by atoms with van der Waals surface area (Å²) >= 11 is 0. The standard InChI is InChI=1S/C20H29N3O.ClH/c21-19-13-22(12-18(19)15-6-2-1-3-7-15)14-20(24)23(17-10-11-17)16-8-4-5-9-16;/h1-3,6-7,16-19H,4-5,8-14,21H2;1H/t18-,19+;/m0./s1. The molecule has 25 heavy (non-hydrogen) atoms. The van der Waals surface area contributed by atoms with Gasteiger partial charge in [-0.05, 0) is 31.2 Å². The zero-order chi connectivity index (χ0) is 16.5. The normalized spacial score (nSPS) is 27.2. The number of halogens is 1. The first-order valence-corrected chi connectivity index (χ1v) is 9.56. The van der Waals surface area contributed by atoms with Crippen LogP contribution in [0.3, 0.4) is 0 Å². The van der Waals surface area contributed by atoms with Crippen molar-refractivity contribution in [2.75, 3.05) is 19.6 Å². The molecule has 1 saturated heterocycles. The molecule has 0 radical (unpaired) electrons. The fraction of sp³-hybridized carbons (Fsp3) is 0.650. The van der Waals surface area contributed by atoms with Crippen molar-refractivity contribution in [3.63, 3.8) is 0 Å². The number of rotatable bonds is 5. The Bertz CT molecular complexity index is 572. The highest BCUT2D eigenvalue weighted by Gasteiger charge is 2.40. The molecular formula is C20H30ClN3O. The van der Waals surface area contributed by atoms with Gasteiger partial charge in [-0.25, -0.2) is 0 Å². The van der Waals surface area contributed by atoms with E-state index in [0.29, 0.717) is 30.5 Å². The quantitative estimate of drug-likeness (QED) is 0.875. The molecule has 0 spiro atoms. The third-order valence-electron chi connectivity index (χ3n) is 5.97. The number of hydrogen-bond acceptors (Lipinski definition) is 3. The fourth-order valence-corrected chi connectivity index (χ4v) is 4.61. The molecule has 5 heteroatoms. The highest BCUT2D eigenvalue weighted by Crippen LogP contribution is 2.35. The molecule has 1 aromatic rings. The lowest BCUT2D eigenvalue weighted by Crippen LogP contribution is -2.46. The fourth-order valence-electron chi connectivity index (χ4n) is 4.61. The number of carbonyl (C=O) groups excluding carboxylic acids is 1. The first-order valence-electron chi connectivity index (χ1n) is 9.56. The molecule has 3 aliphatic rings. The van der Waals surface area contributed by atoms with E-state index >= 15 is 0 Å². The van der Waals surface area contributed by atoms with Gasteiger partial charge in [0, 0.05) is 37.1 Å². The summed E-state index contributed by atoms with van der Waals surface area (Å²) in [5, 5.41) is 0. The van der Waals surface area contributed by atoms with Crippen molar-refractivity contribution in [2.45, 2.75) is 62.6 Å². The molecule has 0 bridgehead atoms. The Hall–Kier alpha value is -1.10. The molecular weight excluding hydrogens is 334 g/mol. The molecule has 3 fully saturated rings. The van der Waals surface area contributed by atoms with Crippen LogP contribution in [0.4, 0.5) is 0 Å². The first kappa shape index (κ1) is 18.7. The molecule has 4 nitrogen and oxygen atoms in total. The number of benzene rings is 1. The van der Waals surface area contributed by atoms with Crippen LogP contribution in [-0.4, -0.2) is 53.5 Å². The molecule has 2 aliphatic carbocycles. The minimum atomic E-state index is 0. The maximum Gasteiger partial charge on any atom is 0.237 e. The van der Waals surface area contributed by atoms with E-state index in [-0.39, 0.29) is 18.4 Å². The van der Waals surface area contributed by atoms with Crippen LogP contribution in [0.25, 0.3) is 0 Å². The van der Waals surface area contributed by atoms with Gasteiger partial charge in [0.25, 0.3) is 0 Å². The lowest BCUT2D eigenvalue weighted by Gasteiger charge is -2.31. The Kier molecular flexibility index (Phi) is 6.03. The van der Waals surface area contributed by atoms with Crippen LogP contribution in [0.5, 0.6) is 0 Å². The molecule has 2 saturated carbocycles. The van der Waals surface area contributed by atoms with E-state index in [1.54, 1.807) is 0 Å². The van der Waals surface area contributed by atoms with Gasteiger partial charge in [-0.2, -0.15) is 0 Å². The second-order valence-electron chi connectivity index (χ2n) is 7.85. The molecule has 0 aromatic heterocycles. The smallest absolute Gasteiger partial charge is 0.237 e. The van der Waals surface area contributed by atoms with Crippen molar-refractivity contribution in [1.82, 2.24) is 9.80 Å². The zero-order valence-corrected chi connectivity index (χ0v) is 15.7. The largest absolute Gasteiger partial charge is 0.336 e. The van der Waals surface area contributed by atoms with Crippen molar-refractivity contribution >= 4 is 18.3 Å². The van der Waals surface area contributed by atoms with Crippen LogP contribution in [0.2, 0.25) is 0 Å². The Morgan fingerprint density at radius 3 is 2.32 bits per heavy atom. The Labute approximate surface area is 157 Å². The highest BCUT2D eigenvalue weighted by atomic mass is 35.5. The molecule has 0 unspecified atom stereocenters. The molecule has 1 amide bonds. The number of carbonyl (C=O) groups is 1. The summed E-state index contributed by atoms with van der Waals surface area (Å²) in [6.45, 7) is 2.28. The maximum atomic E-state index is 13.0. The predicted molar refractivity (Wildman–Crippen MR) is 103 cm³/mol. The molecule has 1 aliphatic heterocycles. The van der Waals surface area contributed by atoms with E-state index in [2.05, 4.69) is 34.1 Å². The number of nitrogens with zero attached hydrogens (tertiary/aromatic N) is 2. The lowest BCUT2D eigenvalue weighted by atomic mass is 9.95. The van der Waals surface area contributed by atoms with Gasteiger partial charge >= 0.3 is 0 Å². The van der Waals surface area contributed by atoms with Gasteiger partial charge < -0.3 is 10.6 Å². The Balaban J connectivity index is 0.00000182. The molecule has 2 N–H and O–H groups in total. The first-order chi connectivity index (χ1) is 11.7. The van der Waals surface area contributed by atoms with Crippen LogP contribution >= 0.6 is 12.4 Å². The van der Waals surface area contributed by atoms with Gasteiger partial charge in [0.15, 0.2) is 0 Å². The van der Waals surface area contributed by atoms with Gasteiger partial charge in [-0.1, -0.05) is 43.2 Å². The highest BCUT2D eigenvalue weighted by molar-refractivity contribution is 5.85. The van der Waals surface area contributed by atoms with E-state index in [9.17, 15) is 4.79 Å². The van der Waals surface area contributed by atoms with Crippen molar-refractivity contribution < 1.29 is 4.79 Å². The van der Waals surface area contributed by atoms with Crippen molar-refractivity contribution in [1.29, 1.82) is 0 Å². The summed E-state index contributed by atoms with van der Waals surface area (Å²) in [4.78, 5) is 17.5. The maximum absolute atomic E-state index is 13.0. The summed E-state index contributed by atoms with van der Waals surface area (Å²) < 4.78 is 0. The topological polar surface area (TPSA) is 49.6 Å². The third-order valence-corrected chi connectivity index (χ3v) is 5.97. The molecule has 4 rings (SSSR count). The molecule has 1 aromatic carbocycles. The van der Waals surface area contributed by atoms with Gasteiger partial charge in [0.05, 0.1) is 6.54 Å². The molecule has 2 atom stereocenters. The lowest BCUT2D eigenvalue weighted by molar-refractivity contribution is -0.135. The SMILES string of the molecule is Cl.N[C@@H]1CN(CC(=O)N(C2CCCC2)C2CC2)C[C@H]1c1ccccc1. The average molecular weight is 364 g/mol. The molecule has 1 heterocycles. The minimum absolute atomic E-state index is 0. The molecule has 138 valence electrons. The predicted octanol–water partition coefficient (Wildman–Crippen LogP) is 2.77. The van der Waals surface area contributed by atoms with E-state index in [1.165, 1.54) is 44.1 Å². The van der Waals surface area contributed by atoms with E-state index in [4.69, 9.17) is 5.73 Å². The van der Waals surface area contributed by atoms with Crippen molar-refractivity contribution in [2.24, 2.45) is 5.73 Å². The number of likely N-dealkylation sites (tertiary alicyclic amines) is 1. The van der Waals surface area contributed by atoms with Gasteiger partial charge in [-0.15, -0.1) is 12.4 Å². The van der Waals surface area contributed by atoms with Crippen LogP contribution in [0, 0.1) is 0 Å². The summed E-state index contributed by atoms with van der Waals surface area (Å²) in [6, 6.07) is 11.7. The second-order valence-corrected chi connectivity index (χ2v) is 7.85. The number of hydrogen-bond donors (Lipinski definition) is 1. The summed E-state index contributed by atoms with van der Waals surface area (Å²) in [5.74, 6) is 0.685. The van der Waals surface area contributed by atoms with Crippen LogP contribution < -0.4 is 5.73 Å². The van der Waals surface area contributed by atoms with E-state index < -0.39 is 0 Å². The monoisotopic (exact) mass is 363 g/mol. The Morgan fingerprint density at radius 2 is 1.68 bits per heavy atom. The van der Waals surface area contributed by atoms with Crippen molar-refractivity contribution in [3.05, 3.63) is 35.9 Å². The van der Waals surface area contributed by atoms with Gasteiger partial charge in [0.2, 0.25) is 5.91 Å². The number of amides is 1. The summed E-state index contributed by atoms with van der Waals surface area (Å²) in [6.07, 6.45) is 7.38. The van der Waals surface area contributed by atoms with Gasteiger partial charge in [-0.3, -0.25) is 9.69 Å². The van der Waals surface area contributed by atoms with Crippen LogP contribution in [0.1, 0.15) is 50.0 Å². The van der Waals surface area contributed by atoms with E-state index in [1.807, 2.05) is 6.07 Å². The van der Waals surface area contributed by atoms with E-state index in [0.717, 1.165) is 13.1 Å².